The lowest BCUT2D eigenvalue weighted by molar-refractivity contribution is -0.137. The fourth-order valence-corrected chi connectivity index (χ4v) is 1.26. The first-order valence-electron chi connectivity index (χ1n) is 4.73. The summed E-state index contributed by atoms with van der Waals surface area (Å²) in [6.07, 6.45) is -4.39. The summed E-state index contributed by atoms with van der Waals surface area (Å²) in [5, 5.41) is 13.3. The van der Waals surface area contributed by atoms with Gasteiger partial charge in [-0.25, -0.2) is 0 Å². The van der Waals surface area contributed by atoms with Crippen LogP contribution in [0.15, 0.2) is 24.3 Å². The maximum Gasteiger partial charge on any atom is 0.416 e. The summed E-state index contributed by atoms with van der Waals surface area (Å²) in [7, 11) is 0. The zero-order valence-electron chi connectivity index (χ0n) is 8.91. The van der Waals surface area contributed by atoms with Crippen molar-refractivity contribution in [3.8, 4) is 0 Å². The SMILES string of the molecule is O=C(O)CNC(=S)Nc1ccc(C(F)(F)F)cc1. The number of carbonyl (C=O) groups is 1. The van der Waals surface area contributed by atoms with Gasteiger partial charge in [0.25, 0.3) is 0 Å². The molecule has 1 rings (SSSR count). The second-order valence-electron chi connectivity index (χ2n) is 3.28. The molecule has 0 aromatic heterocycles. The van der Waals surface area contributed by atoms with Crippen molar-refractivity contribution in [1.82, 2.24) is 5.32 Å². The Bertz CT molecular complexity index is 445. The van der Waals surface area contributed by atoms with Gasteiger partial charge in [0.05, 0.1) is 5.56 Å². The summed E-state index contributed by atoms with van der Waals surface area (Å²) in [4.78, 5) is 10.2. The van der Waals surface area contributed by atoms with E-state index in [0.29, 0.717) is 5.69 Å². The fourth-order valence-electron chi connectivity index (χ4n) is 1.07. The van der Waals surface area contributed by atoms with Crippen molar-refractivity contribution in [2.75, 3.05) is 11.9 Å². The van der Waals surface area contributed by atoms with Crippen LogP contribution in [-0.4, -0.2) is 22.7 Å². The largest absolute Gasteiger partial charge is 0.480 e. The molecule has 0 aliphatic carbocycles. The van der Waals surface area contributed by atoms with Crippen molar-refractivity contribution in [1.29, 1.82) is 0 Å². The minimum absolute atomic E-state index is 0.0251. The number of alkyl halides is 3. The minimum atomic E-state index is -4.39. The van der Waals surface area contributed by atoms with Crippen LogP contribution in [0.4, 0.5) is 18.9 Å². The van der Waals surface area contributed by atoms with Crippen molar-refractivity contribution in [3.63, 3.8) is 0 Å². The number of carboxylic acids is 1. The average Bonchev–Trinajstić information content (AvgIpc) is 2.26. The van der Waals surface area contributed by atoms with Gasteiger partial charge in [0, 0.05) is 5.69 Å². The molecule has 98 valence electrons. The number of halogens is 3. The van der Waals surface area contributed by atoms with E-state index in [1.807, 2.05) is 0 Å². The predicted octanol–water partition coefficient (Wildman–Crippen LogP) is 2.08. The Morgan fingerprint density at radius 2 is 1.83 bits per heavy atom. The summed E-state index contributed by atoms with van der Waals surface area (Å²) in [6.45, 7) is -0.369. The van der Waals surface area contributed by atoms with E-state index in [1.54, 1.807) is 0 Å². The van der Waals surface area contributed by atoms with E-state index in [1.165, 1.54) is 12.1 Å². The van der Waals surface area contributed by atoms with E-state index < -0.39 is 17.7 Å². The summed E-state index contributed by atoms with van der Waals surface area (Å²) in [6, 6.07) is 4.22. The Morgan fingerprint density at radius 3 is 2.28 bits per heavy atom. The standard InChI is InChI=1S/C10H9F3N2O2S/c11-10(12,13)6-1-3-7(4-2-6)15-9(18)14-5-8(16)17/h1-4H,5H2,(H,16,17)(H2,14,15,18). The third kappa shape index (κ3) is 4.58. The molecule has 0 unspecified atom stereocenters. The molecule has 0 amide bonds. The molecule has 0 spiro atoms. The van der Waals surface area contributed by atoms with Gasteiger partial charge in [-0.15, -0.1) is 0 Å². The lowest BCUT2D eigenvalue weighted by atomic mass is 10.2. The van der Waals surface area contributed by atoms with Crippen LogP contribution in [-0.2, 0) is 11.0 Å². The van der Waals surface area contributed by atoms with Crippen molar-refractivity contribution < 1.29 is 23.1 Å². The van der Waals surface area contributed by atoms with Crippen molar-refractivity contribution >= 4 is 29.0 Å². The topological polar surface area (TPSA) is 61.4 Å². The van der Waals surface area contributed by atoms with Crippen LogP contribution in [0.25, 0.3) is 0 Å². The van der Waals surface area contributed by atoms with Crippen LogP contribution in [0.5, 0.6) is 0 Å². The number of carboxylic acid groups (broad SMARTS) is 1. The molecule has 0 fully saturated rings. The molecule has 3 N–H and O–H groups in total. The minimum Gasteiger partial charge on any atom is -0.480 e. The number of benzene rings is 1. The van der Waals surface area contributed by atoms with E-state index in [-0.39, 0.29) is 11.7 Å². The summed E-state index contributed by atoms with van der Waals surface area (Å²) >= 11 is 4.75. The number of thiocarbonyl (C=S) groups is 1. The Kier molecular flexibility index (Phi) is 4.49. The smallest absolute Gasteiger partial charge is 0.416 e. The third-order valence-electron chi connectivity index (χ3n) is 1.87. The molecular formula is C10H9F3N2O2S. The molecule has 0 atom stereocenters. The molecule has 0 heterocycles. The van der Waals surface area contributed by atoms with Crippen molar-refractivity contribution in [3.05, 3.63) is 29.8 Å². The Balaban J connectivity index is 2.59. The molecular weight excluding hydrogens is 269 g/mol. The molecule has 8 heteroatoms. The van der Waals surface area contributed by atoms with Crippen molar-refractivity contribution in [2.45, 2.75) is 6.18 Å². The van der Waals surface area contributed by atoms with Crippen LogP contribution in [0, 0.1) is 0 Å². The Morgan fingerprint density at radius 1 is 1.28 bits per heavy atom. The highest BCUT2D eigenvalue weighted by atomic mass is 32.1. The molecule has 1 aromatic carbocycles. The van der Waals surface area contributed by atoms with Gasteiger partial charge in [-0.2, -0.15) is 13.2 Å². The highest BCUT2D eigenvalue weighted by Crippen LogP contribution is 2.29. The lowest BCUT2D eigenvalue weighted by Gasteiger charge is -2.10. The van der Waals surface area contributed by atoms with E-state index in [9.17, 15) is 18.0 Å². The van der Waals surface area contributed by atoms with Crippen LogP contribution in [0.2, 0.25) is 0 Å². The zero-order chi connectivity index (χ0) is 13.8. The van der Waals surface area contributed by atoms with Gasteiger partial charge in [-0.1, -0.05) is 0 Å². The quantitative estimate of drug-likeness (QED) is 0.739. The van der Waals surface area contributed by atoms with Gasteiger partial charge in [0.1, 0.15) is 6.54 Å². The normalized spacial score (nSPS) is 10.8. The van der Waals surface area contributed by atoms with Crippen LogP contribution < -0.4 is 10.6 Å². The van der Waals surface area contributed by atoms with Crippen molar-refractivity contribution in [2.24, 2.45) is 0 Å². The average molecular weight is 278 g/mol. The molecule has 0 saturated carbocycles. The molecule has 4 nitrogen and oxygen atoms in total. The number of nitrogens with one attached hydrogen (secondary N) is 2. The van der Waals surface area contributed by atoms with E-state index in [2.05, 4.69) is 10.6 Å². The Hall–Kier alpha value is -1.83. The van der Waals surface area contributed by atoms with Crippen LogP contribution >= 0.6 is 12.2 Å². The first kappa shape index (κ1) is 14.2. The molecule has 18 heavy (non-hydrogen) atoms. The maximum absolute atomic E-state index is 12.3. The first-order valence-corrected chi connectivity index (χ1v) is 5.14. The molecule has 0 aliphatic rings. The van der Waals surface area contributed by atoms with Crippen LogP contribution in [0.1, 0.15) is 5.56 Å². The highest BCUT2D eigenvalue weighted by Gasteiger charge is 2.29. The number of rotatable bonds is 3. The molecule has 1 aromatic rings. The molecule has 0 bridgehead atoms. The lowest BCUT2D eigenvalue weighted by Crippen LogP contribution is -2.32. The third-order valence-corrected chi connectivity index (χ3v) is 2.12. The molecule has 0 radical (unpaired) electrons. The predicted molar refractivity (Wildman–Crippen MR) is 63.3 cm³/mol. The van der Waals surface area contributed by atoms with Gasteiger partial charge in [0.15, 0.2) is 5.11 Å². The number of hydrogen-bond donors (Lipinski definition) is 3. The van der Waals surface area contributed by atoms with E-state index in [0.717, 1.165) is 12.1 Å². The second-order valence-corrected chi connectivity index (χ2v) is 3.68. The van der Waals surface area contributed by atoms with Gasteiger partial charge < -0.3 is 15.7 Å². The van der Waals surface area contributed by atoms with Gasteiger partial charge in [-0.05, 0) is 36.5 Å². The van der Waals surface area contributed by atoms with E-state index >= 15 is 0 Å². The zero-order valence-corrected chi connectivity index (χ0v) is 9.73. The number of aliphatic carboxylic acids is 1. The Labute approximate surface area is 106 Å². The highest BCUT2D eigenvalue weighted by molar-refractivity contribution is 7.80. The van der Waals surface area contributed by atoms with Crippen LogP contribution in [0.3, 0.4) is 0 Å². The molecule has 0 saturated heterocycles. The van der Waals surface area contributed by atoms with E-state index in [4.69, 9.17) is 17.3 Å². The number of anilines is 1. The fraction of sp³-hybridized carbons (Fsp3) is 0.200. The summed E-state index contributed by atoms with van der Waals surface area (Å²) in [5.74, 6) is -1.09. The molecule has 0 aliphatic heterocycles. The second kappa shape index (κ2) is 5.67. The van der Waals surface area contributed by atoms with Gasteiger partial charge >= 0.3 is 12.1 Å². The van der Waals surface area contributed by atoms with Gasteiger partial charge in [0.2, 0.25) is 0 Å². The summed E-state index contributed by atoms with van der Waals surface area (Å²) in [5.41, 5.74) is -0.427. The van der Waals surface area contributed by atoms with Gasteiger partial charge in [-0.3, -0.25) is 4.79 Å². The number of hydrogen-bond acceptors (Lipinski definition) is 2. The maximum atomic E-state index is 12.3. The summed E-state index contributed by atoms with van der Waals surface area (Å²) < 4.78 is 36.8. The monoisotopic (exact) mass is 278 g/mol. The first-order chi connectivity index (χ1) is 8.29.